The Hall–Kier alpha value is -5.43. The highest BCUT2D eigenvalue weighted by Gasteiger charge is 2.21. The Morgan fingerprint density at radius 2 is 1.82 bits per heavy atom. The van der Waals surface area contributed by atoms with Gasteiger partial charge in [-0.2, -0.15) is 5.26 Å². The maximum atomic E-state index is 15.0. The van der Waals surface area contributed by atoms with Gasteiger partial charge in [-0.1, -0.05) is 18.2 Å². The van der Waals surface area contributed by atoms with Crippen LogP contribution >= 0.6 is 0 Å². The van der Waals surface area contributed by atoms with E-state index in [1.165, 1.54) is 73.7 Å². The number of aryl methyl sites for hydroxylation is 1. The van der Waals surface area contributed by atoms with E-state index < -0.39 is 22.8 Å². The van der Waals surface area contributed by atoms with Crippen LogP contribution in [-0.4, -0.2) is 27.4 Å². The monoisotopic (exact) mass is 538 g/mol. The number of methoxy groups -OCH3 is 1. The van der Waals surface area contributed by atoms with E-state index in [1.807, 2.05) is 6.07 Å². The van der Waals surface area contributed by atoms with Gasteiger partial charge in [0.15, 0.2) is 23.1 Å². The zero-order valence-electron chi connectivity index (χ0n) is 21.3. The molecular weight excluding hydrogens is 518 g/mol. The second kappa shape index (κ2) is 10.7. The molecule has 0 spiro atoms. The lowest BCUT2D eigenvalue weighted by atomic mass is 9.97. The summed E-state index contributed by atoms with van der Waals surface area (Å²) in [5, 5.41) is 9.61. The number of fused-ring (bicyclic) bond motifs is 1. The smallest absolute Gasteiger partial charge is 0.201 e. The van der Waals surface area contributed by atoms with Gasteiger partial charge in [-0.3, -0.25) is 14.6 Å². The molecule has 3 aromatic heterocycles. The van der Waals surface area contributed by atoms with Gasteiger partial charge >= 0.3 is 0 Å². The Morgan fingerprint density at radius 1 is 1.05 bits per heavy atom. The second-order valence-electron chi connectivity index (χ2n) is 8.84. The van der Waals surface area contributed by atoms with E-state index in [9.17, 15) is 19.2 Å². The highest BCUT2D eigenvalue weighted by molar-refractivity contribution is 5.98. The van der Waals surface area contributed by atoms with Crippen LogP contribution in [-0.2, 0) is 13.5 Å². The molecule has 0 unspecified atom stereocenters. The number of Topliss-reactive ketones (excluding diaryl/α,β-unsaturated/α-hetero) is 1. The first-order valence-corrected chi connectivity index (χ1v) is 12.0. The maximum absolute atomic E-state index is 15.0. The van der Waals surface area contributed by atoms with Crippen molar-refractivity contribution in [3.8, 4) is 34.4 Å². The van der Waals surface area contributed by atoms with Crippen molar-refractivity contribution in [2.45, 2.75) is 6.42 Å². The zero-order valence-corrected chi connectivity index (χ0v) is 21.3. The van der Waals surface area contributed by atoms with Crippen LogP contribution < -0.4 is 14.9 Å². The first-order chi connectivity index (χ1) is 19.3. The zero-order chi connectivity index (χ0) is 28.4. The molecule has 0 N–H and O–H groups in total. The fraction of sp³-hybridized carbons (Fsp3) is 0.100. The van der Waals surface area contributed by atoms with Crippen LogP contribution in [0.1, 0.15) is 21.6 Å². The number of ether oxygens (including phenoxy) is 2. The summed E-state index contributed by atoms with van der Waals surface area (Å²) >= 11 is 0. The number of nitrogens with zero attached hydrogens (tertiary/aromatic N) is 4. The SMILES string of the molecule is COc1cnc2c(Oc3ccc(CC(=O)c4cn(C)c(C#N)c(-c5ccc(F)cc5)c4=O)cc3F)ccnc2c1. The highest BCUT2D eigenvalue weighted by Crippen LogP contribution is 2.31. The molecule has 0 amide bonds. The van der Waals surface area contributed by atoms with Gasteiger partial charge < -0.3 is 14.0 Å². The topological polar surface area (TPSA) is 107 Å². The van der Waals surface area contributed by atoms with Gasteiger partial charge in [0.25, 0.3) is 0 Å². The Labute approximate surface area is 226 Å². The number of pyridine rings is 3. The minimum Gasteiger partial charge on any atom is -0.495 e. The van der Waals surface area contributed by atoms with Gasteiger partial charge in [-0.15, -0.1) is 0 Å². The predicted octanol–water partition coefficient (Wildman–Crippen LogP) is 5.37. The molecule has 5 aromatic rings. The average Bonchev–Trinajstić information content (AvgIpc) is 2.95. The number of hydrogen-bond donors (Lipinski definition) is 0. The Kier molecular flexibility index (Phi) is 7.03. The van der Waals surface area contributed by atoms with Crippen LogP contribution in [0.15, 0.2) is 78.0 Å². The first-order valence-electron chi connectivity index (χ1n) is 12.0. The molecule has 8 nitrogen and oxygen atoms in total. The van der Waals surface area contributed by atoms with E-state index in [4.69, 9.17) is 9.47 Å². The van der Waals surface area contributed by atoms with Gasteiger partial charge in [0.2, 0.25) is 5.43 Å². The van der Waals surface area contributed by atoms with Crippen molar-refractivity contribution in [1.82, 2.24) is 14.5 Å². The fourth-order valence-electron chi connectivity index (χ4n) is 4.27. The Balaban J connectivity index is 1.42. The van der Waals surface area contributed by atoms with Crippen molar-refractivity contribution in [1.29, 1.82) is 5.26 Å². The number of ketones is 1. The molecule has 198 valence electrons. The molecule has 2 aromatic carbocycles. The van der Waals surface area contributed by atoms with E-state index >= 15 is 4.39 Å². The normalized spacial score (nSPS) is 10.8. The first kappa shape index (κ1) is 26.2. The van der Waals surface area contributed by atoms with Gasteiger partial charge in [0, 0.05) is 38.0 Å². The largest absolute Gasteiger partial charge is 0.495 e. The van der Waals surface area contributed by atoms with Crippen molar-refractivity contribution < 1.29 is 23.0 Å². The van der Waals surface area contributed by atoms with Crippen molar-refractivity contribution in [3.05, 3.63) is 112 Å². The van der Waals surface area contributed by atoms with Crippen molar-refractivity contribution >= 4 is 16.8 Å². The minimum atomic E-state index is -0.719. The van der Waals surface area contributed by atoms with Crippen LogP contribution in [0.25, 0.3) is 22.2 Å². The molecule has 0 radical (unpaired) electrons. The lowest BCUT2D eigenvalue weighted by Gasteiger charge is -2.12. The number of carbonyl (C=O) groups is 1. The molecule has 10 heteroatoms. The minimum absolute atomic E-state index is 0.0124. The molecule has 0 atom stereocenters. The summed E-state index contributed by atoms with van der Waals surface area (Å²) in [5.74, 6) is -1.09. The van der Waals surface area contributed by atoms with E-state index in [0.717, 1.165) is 6.07 Å². The summed E-state index contributed by atoms with van der Waals surface area (Å²) in [5.41, 5.74) is 0.703. The number of rotatable bonds is 7. The summed E-state index contributed by atoms with van der Waals surface area (Å²) in [6.45, 7) is 0. The molecule has 0 fully saturated rings. The average molecular weight is 539 g/mol. The lowest BCUT2D eigenvalue weighted by molar-refractivity contribution is 0.0991. The summed E-state index contributed by atoms with van der Waals surface area (Å²) in [7, 11) is 3.04. The van der Waals surface area contributed by atoms with E-state index in [2.05, 4.69) is 9.97 Å². The Bertz CT molecular complexity index is 1880. The van der Waals surface area contributed by atoms with Gasteiger partial charge in [-0.05, 0) is 35.4 Å². The highest BCUT2D eigenvalue weighted by atomic mass is 19.1. The molecule has 0 saturated carbocycles. The van der Waals surface area contributed by atoms with Crippen LogP contribution in [0.4, 0.5) is 8.78 Å². The van der Waals surface area contributed by atoms with E-state index in [1.54, 1.807) is 12.1 Å². The second-order valence-corrected chi connectivity index (χ2v) is 8.84. The van der Waals surface area contributed by atoms with Crippen molar-refractivity contribution in [2.75, 3.05) is 7.11 Å². The third-order valence-corrected chi connectivity index (χ3v) is 6.26. The lowest BCUT2D eigenvalue weighted by Crippen LogP contribution is -2.23. The molecule has 40 heavy (non-hydrogen) atoms. The standard InChI is InChI=1S/C30H20F2N4O4/c1-36-16-21(30(38)28(24(36)14-33)18-4-6-19(31)7-5-18)25(37)12-17-3-8-26(22(32)11-17)40-27-9-10-34-23-13-20(39-2)15-35-29(23)27/h3-11,13,15-16H,12H2,1-2H3. The number of nitriles is 1. The molecule has 0 bridgehead atoms. The summed E-state index contributed by atoms with van der Waals surface area (Å²) < 4.78 is 40.8. The van der Waals surface area contributed by atoms with E-state index in [-0.39, 0.29) is 34.7 Å². The van der Waals surface area contributed by atoms with Crippen molar-refractivity contribution in [3.63, 3.8) is 0 Å². The van der Waals surface area contributed by atoms with Gasteiger partial charge in [0.1, 0.15) is 28.8 Å². The predicted molar refractivity (Wildman–Crippen MR) is 142 cm³/mol. The van der Waals surface area contributed by atoms with E-state index in [0.29, 0.717) is 27.9 Å². The molecule has 3 heterocycles. The molecular formula is C30H20F2N4O4. The van der Waals surface area contributed by atoms with Crippen LogP contribution in [0, 0.1) is 23.0 Å². The molecule has 0 aliphatic carbocycles. The van der Waals surface area contributed by atoms with Crippen LogP contribution in [0.3, 0.4) is 0 Å². The van der Waals surface area contributed by atoms with Gasteiger partial charge in [-0.25, -0.2) is 13.8 Å². The molecule has 0 aliphatic heterocycles. The number of hydrogen-bond acceptors (Lipinski definition) is 7. The summed E-state index contributed by atoms with van der Waals surface area (Å²) in [6, 6.07) is 14.3. The Morgan fingerprint density at radius 3 is 2.52 bits per heavy atom. The molecule has 5 rings (SSSR count). The number of benzene rings is 2. The molecule has 0 saturated heterocycles. The van der Waals surface area contributed by atoms with Gasteiger partial charge in [0.05, 0.1) is 30.0 Å². The fourth-order valence-corrected chi connectivity index (χ4v) is 4.27. The summed E-state index contributed by atoms with van der Waals surface area (Å²) in [6.07, 6.45) is 4.00. The van der Waals surface area contributed by atoms with Crippen molar-refractivity contribution in [2.24, 2.45) is 7.05 Å². The third kappa shape index (κ3) is 5.00. The maximum Gasteiger partial charge on any atom is 0.201 e. The number of halogens is 2. The van der Waals surface area contributed by atoms with Crippen LogP contribution in [0.5, 0.6) is 17.2 Å². The molecule has 0 aliphatic rings. The van der Waals surface area contributed by atoms with Crippen LogP contribution in [0.2, 0.25) is 0 Å². The number of carbonyl (C=O) groups excluding carboxylic acids is 1. The summed E-state index contributed by atoms with van der Waals surface area (Å²) in [4.78, 5) is 35.0. The number of aromatic nitrogens is 3. The third-order valence-electron chi connectivity index (χ3n) is 6.26. The quantitative estimate of drug-likeness (QED) is 0.256.